The summed E-state index contributed by atoms with van der Waals surface area (Å²) in [5.41, 5.74) is 7.60. The maximum absolute atomic E-state index is 12.2. The monoisotopic (exact) mass is 302 g/mol. The Kier molecular flexibility index (Phi) is 4.28. The largest absolute Gasteiger partial charge is 0.493 e. The molecule has 5 nitrogen and oxygen atoms in total. The number of methoxy groups -OCH3 is 2. The van der Waals surface area contributed by atoms with Gasteiger partial charge in [0.1, 0.15) is 0 Å². The molecule has 1 aromatic carbocycles. The lowest BCUT2D eigenvalue weighted by atomic mass is 9.96. The van der Waals surface area contributed by atoms with Gasteiger partial charge in [-0.25, -0.2) is 0 Å². The van der Waals surface area contributed by atoms with Gasteiger partial charge in [0.25, 0.3) is 0 Å². The number of nitrogens with two attached hydrogens (primary N) is 1. The second kappa shape index (κ2) is 5.85. The van der Waals surface area contributed by atoms with Crippen molar-refractivity contribution in [1.29, 1.82) is 0 Å². The van der Waals surface area contributed by atoms with Crippen LogP contribution in [0.5, 0.6) is 11.5 Å². The van der Waals surface area contributed by atoms with E-state index < -0.39 is 5.54 Å². The zero-order chi connectivity index (χ0) is 16.5. The highest BCUT2D eigenvalue weighted by Crippen LogP contribution is 2.29. The van der Waals surface area contributed by atoms with E-state index in [-0.39, 0.29) is 5.43 Å². The van der Waals surface area contributed by atoms with Crippen molar-refractivity contribution in [3.8, 4) is 17.2 Å². The molecule has 0 amide bonds. The van der Waals surface area contributed by atoms with Gasteiger partial charge in [0, 0.05) is 40.8 Å². The van der Waals surface area contributed by atoms with Crippen molar-refractivity contribution >= 4 is 0 Å². The lowest BCUT2D eigenvalue weighted by Gasteiger charge is -2.21. The van der Waals surface area contributed by atoms with Crippen LogP contribution in [0.4, 0.5) is 0 Å². The molecule has 2 N–H and O–H groups in total. The standard InChI is InChI=1S/C17H22N2O3/c1-11-8-14(20)13(17(2,3)18)10-19(11)12-6-7-15(21-4)16(9-12)22-5/h6-10H,18H2,1-5H3. The Labute approximate surface area is 130 Å². The summed E-state index contributed by atoms with van der Waals surface area (Å²) in [5.74, 6) is 1.29. The molecule has 0 saturated carbocycles. The summed E-state index contributed by atoms with van der Waals surface area (Å²) in [6.07, 6.45) is 1.79. The Hall–Kier alpha value is -2.27. The molecule has 0 spiro atoms. The molecule has 1 aromatic heterocycles. The summed E-state index contributed by atoms with van der Waals surface area (Å²) < 4.78 is 12.5. The molecule has 1 heterocycles. The number of aryl methyl sites for hydroxylation is 1. The van der Waals surface area contributed by atoms with Gasteiger partial charge in [-0.2, -0.15) is 0 Å². The number of pyridine rings is 1. The van der Waals surface area contributed by atoms with E-state index in [1.807, 2.05) is 43.5 Å². The van der Waals surface area contributed by atoms with Gasteiger partial charge in [-0.05, 0) is 32.9 Å². The maximum Gasteiger partial charge on any atom is 0.186 e. The minimum atomic E-state index is -0.705. The first-order valence-corrected chi connectivity index (χ1v) is 7.03. The third kappa shape index (κ3) is 2.99. The summed E-state index contributed by atoms with van der Waals surface area (Å²) in [6.45, 7) is 5.52. The molecule has 2 aromatic rings. The third-order valence-corrected chi connectivity index (χ3v) is 3.58. The van der Waals surface area contributed by atoms with Crippen molar-refractivity contribution in [3.63, 3.8) is 0 Å². The lowest BCUT2D eigenvalue weighted by Crippen LogP contribution is -2.35. The van der Waals surface area contributed by atoms with Crippen molar-refractivity contribution in [3.05, 3.63) is 51.9 Å². The highest BCUT2D eigenvalue weighted by molar-refractivity contribution is 5.50. The van der Waals surface area contributed by atoms with Crippen LogP contribution in [0.2, 0.25) is 0 Å². The maximum atomic E-state index is 12.2. The summed E-state index contributed by atoms with van der Waals surface area (Å²) in [6, 6.07) is 7.20. The van der Waals surface area contributed by atoms with Crippen LogP contribution in [0.3, 0.4) is 0 Å². The van der Waals surface area contributed by atoms with Gasteiger partial charge in [0.15, 0.2) is 16.9 Å². The second-order valence-electron chi connectivity index (χ2n) is 5.82. The van der Waals surface area contributed by atoms with E-state index in [0.29, 0.717) is 17.1 Å². The Morgan fingerprint density at radius 3 is 2.27 bits per heavy atom. The molecule has 0 saturated heterocycles. The van der Waals surface area contributed by atoms with Crippen LogP contribution in [-0.2, 0) is 5.54 Å². The first-order valence-electron chi connectivity index (χ1n) is 7.03. The Balaban J connectivity index is 2.65. The lowest BCUT2D eigenvalue weighted by molar-refractivity contribution is 0.355. The minimum Gasteiger partial charge on any atom is -0.493 e. The molecule has 0 unspecified atom stereocenters. The molecule has 22 heavy (non-hydrogen) atoms. The molecule has 0 aliphatic rings. The smallest absolute Gasteiger partial charge is 0.186 e. The number of ether oxygens (including phenoxy) is 2. The highest BCUT2D eigenvalue weighted by Gasteiger charge is 2.19. The van der Waals surface area contributed by atoms with Gasteiger partial charge in [0.05, 0.1) is 14.2 Å². The summed E-state index contributed by atoms with van der Waals surface area (Å²) in [7, 11) is 3.19. The van der Waals surface area contributed by atoms with Gasteiger partial charge < -0.3 is 19.8 Å². The summed E-state index contributed by atoms with van der Waals surface area (Å²) >= 11 is 0. The Morgan fingerprint density at radius 1 is 1.09 bits per heavy atom. The molecule has 5 heteroatoms. The molecular formula is C17H22N2O3. The van der Waals surface area contributed by atoms with E-state index in [4.69, 9.17) is 15.2 Å². The number of rotatable bonds is 4. The number of hydrogen-bond donors (Lipinski definition) is 1. The van der Waals surface area contributed by atoms with Gasteiger partial charge in [-0.1, -0.05) is 0 Å². The normalized spacial score (nSPS) is 11.4. The van der Waals surface area contributed by atoms with E-state index in [1.54, 1.807) is 26.5 Å². The number of aromatic nitrogens is 1. The summed E-state index contributed by atoms with van der Waals surface area (Å²) in [5, 5.41) is 0. The minimum absolute atomic E-state index is 0.0540. The fourth-order valence-electron chi connectivity index (χ4n) is 2.37. The Bertz CT molecular complexity index is 743. The third-order valence-electron chi connectivity index (χ3n) is 3.58. The topological polar surface area (TPSA) is 66.5 Å². The van der Waals surface area contributed by atoms with Crippen LogP contribution in [-0.4, -0.2) is 18.8 Å². The van der Waals surface area contributed by atoms with Crippen LogP contribution < -0.4 is 20.6 Å². The second-order valence-corrected chi connectivity index (χ2v) is 5.82. The fourth-order valence-corrected chi connectivity index (χ4v) is 2.37. The SMILES string of the molecule is COc1ccc(-n2cc(C(C)(C)N)c(=O)cc2C)cc1OC. The van der Waals surface area contributed by atoms with Gasteiger partial charge >= 0.3 is 0 Å². The molecule has 0 atom stereocenters. The number of hydrogen-bond acceptors (Lipinski definition) is 4. The molecule has 0 aliphatic heterocycles. The number of nitrogens with zero attached hydrogens (tertiary/aromatic N) is 1. The van der Waals surface area contributed by atoms with Crippen LogP contribution in [0.25, 0.3) is 5.69 Å². The average Bonchev–Trinajstić information content (AvgIpc) is 2.45. The highest BCUT2D eigenvalue weighted by atomic mass is 16.5. The predicted octanol–water partition coefficient (Wildman–Crippen LogP) is 2.36. The van der Waals surface area contributed by atoms with Crippen molar-refractivity contribution < 1.29 is 9.47 Å². The Morgan fingerprint density at radius 2 is 1.73 bits per heavy atom. The zero-order valence-corrected chi connectivity index (χ0v) is 13.6. The summed E-state index contributed by atoms with van der Waals surface area (Å²) in [4.78, 5) is 12.2. The van der Waals surface area contributed by atoms with Crippen LogP contribution in [0.1, 0.15) is 25.1 Å². The molecule has 118 valence electrons. The predicted molar refractivity (Wildman–Crippen MR) is 87.1 cm³/mol. The molecule has 0 radical (unpaired) electrons. The fraction of sp³-hybridized carbons (Fsp3) is 0.353. The van der Waals surface area contributed by atoms with Crippen molar-refractivity contribution in [2.45, 2.75) is 26.3 Å². The first kappa shape index (κ1) is 16.1. The average molecular weight is 302 g/mol. The molecular weight excluding hydrogens is 280 g/mol. The molecule has 0 aliphatic carbocycles. The molecule has 0 fully saturated rings. The van der Waals surface area contributed by atoms with Crippen LogP contribution in [0, 0.1) is 6.92 Å². The molecule has 0 bridgehead atoms. The van der Waals surface area contributed by atoms with Gasteiger partial charge in [-0.15, -0.1) is 0 Å². The molecule has 2 rings (SSSR count). The van der Waals surface area contributed by atoms with Crippen molar-refractivity contribution in [1.82, 2.24) is 4.57 Å². The van der Waals surface area contributed by atoms with Crippen molar-refractivity contribution in [2.24, 2.45) is 5.73 Å². The van der Waals surface area contributed by atoms with Gasteiger partial charge in [-0.3, -0.25) is 4.79 Å². The van der Waals surface area contributed by atoms with E-state index >= 15 is 0 Å². The van der Waals surface area contributed by atoms with Crippen LogP contribution >= 0.6 is 0 Å². The van der Waals surface area contributed by atoms with Crippen LogP contribution in [0.15, 0.2) is 35.3 Å². The van der Waals surface area contributed by atoms with E-state index in [9.17, 15) is 4.79 Å². The zero-order valence-electron chi connectivity index (χ0n) is 13.6. The number of benzene rings is 1. The van der Waals surface area contributed by atoms with E-state index in [0.717, 1.165) is 11.4 Å². The quantitative estimate of drug-likeness (QED) is 0.941. The first-order chi connectivity index (χ1) is 10.3. The van der Waals surface area contributed by atoms with Gasteiger partial charge in [0.2, 0.25) is 0 Å². The van der Waals surface area contributed by atoms with E-state index in [2.05, 4.69) is 0 Å². The van der Waals surface area contributed by atoms with E-state index in [1.165, 1.54) is 0 Å². The van der Waals surface area contributed by atoms with Crippen molar-refractivity contribution in [2.75, 3.05) is 14.2 Å².